The first-order chi connectivity index (χ1) is 10.2. The summed E-state index contributed by atoms with van der Waals surface area (Å²) in [5, 5.41) is 3.83. The normalized spacial score (nSPS) is 14.0. The molecule has 6 heteroatoms. The zero-order chi connectivity index (χ0) is 14.8. The maximum Gasteiger partial charge on any atom is 0.218 e. The zero-order valence-corrected chi connectivity index (χ0v) is 12.8. The van der Waals surface area contributed by atoms with Gasteiger partial charge in [0.05, 0.1) is 7.11 Å². The van der Waals surface area contributed by atoms with Crippen LogP contribution < -0.4 is 10.1 Å². The number of pyridine rings is 1. The van der Waals surface area contributed by atoms with E-state index in [-0.39, 0.29) is 0 Å². The molecule has 110 valence electrons. The van der Waals surface area contributed by atoms with Gasteiger partial charge in [0.15, 0.2) is 0 Å². The quantitative estimate of drug-likeness (QED) is 0.859. The van der Waals surface area contributed by atoms with Gasteiger partial charge in [-0.25, -0.2) is 15.0 Å². The molecule has 0 atom stereocenters. The first kappa shape index (κ1) is 14.1. The Labute approximate surface area is 128 Å². The van der Waals surface area contributed by atoms with E-state index in [1.807, 2.05) is 19.1 Å². The lowest BCUT2D eigenvalue weighted by Gasteiger charge is -2.12. The average molecular weight is 305 g/mol. The van der Waals surface area contributed by atoms with E-state index in [9.17, 15) is 0 Å². The van der Waals surface area contributed by atoms with Crippen molar-refractivity contribution in [1.82, 2.24) is 15.0 Å². The SMILES string of the molecule is COc1ncccc1CNc1nc(C2CC2)nc(Cl)c1C. The predicted molar refractivity (Wildman–Crippen MR) is 81.9 cm³/mol. The van der Waals surface area contributed by atoms with Crippen LogP contribution in [-0.2, 0) is 6.54 Å². The van der Waals surface area contributed by atoms with Crippen LogP contribution in [0.15, 0.2) is 18.3 Å². The third-order valence-corrected chi connectivity index (χ3v) is 3.90. The van der Waals surface area contributed by atoms with Gasteiger partial charge < -0.3 is 10.1 Å². The van der Waals surface area contributed by atoms with Crippen molar-refractivity contribution in [2.24, 2.45) is 0 Å². The number of rotatable bonds is 5. The smallest absolute Gasteiger partial charge is 0.218 e. The second kappa shape index (κ2) is 5.85. The summed E-state index contributed by atoms with van der Waals surface area (Å²) in [4.78, 5) is 13.1. The third kappa shape index (κ3) is 3.08. The predicted octanol–water partition coefficient (Wildman–Crippen LogP) is 3.33. The molecule has 1 saturated carbocycles. The van der Waals surface area contributed by atoms with Crippen LogP contribution in [0.3, 0.4) is 0 Å². The van der Waals surface area contributed by atoms with Crippen LogP contribution in [0.2, 0.25) is 5.15 Å². The lowest BCUT2D eigenvalue weighted by atomic mass is 10.2. The van der Waals surface area contributed by atoms with Gasteiger partial charge in [0, 0.05) is 29.8 Å². The molecule has 1 fully saturated rings. The summed E-state index contributed by atoms with van der Waals surface area (Å²) in [5.41, 5.74) is 1.84. The van der Waals surface area contributed by atoms with Gasteiger partial charge in [0.2, 0.25) is 5.88 Å². The van der Waals surface area contributed by atoms with E-state index in [2.05, 4.69) is 20.3 Å². The van der Waals surface area contributed by atoms with Gasteiger partial charge in [0.25, 0.3) is 0 Å². The second-order valence-electron chi connectivity index (χ2n) is 5.15. The summed E-state index contributed by atoms with van der Waals surface area (Å²) >= 11 is 6.20. The Kier molecular flexibility index (Phi) is 3.92. The molecule has 3 rings (SSSR count). The maximum atomic E-state index is 6.20. The largest absolute Gasteiger partial charge is 0.481 e. The minimum absolute atomic E-state index is 0.469. The fraction of sp³-hybridized carbons (Fsp3) is 0.400. The molecule has 1 aliphatic carbocycles. The van der Waals surface area contributed by atoms with Crippen molar-refractivity contribution < 1.29 is 4.74 Å². The van der Waals surface area contributed by atoms with E-state index in [0.29, 0.717) is 23.5 Å². The molecule has 21 heavy (non-hydrogen) atoms. The van der Waals surface area contributed by atoms with Crippen molar-refractivity contribution in [3.63, 3.8) is 0 Å². The Bertz CT molecular complexity index is 658. The van der Waals surface area contributed by atoms with Crippen LogP contribution in [0.25, 0.3) is 0 Å². The van der Waals surface area contributed by atoms with Crippen molar-refractivity contribution in [2.45, 2.75) is 32.2 Å². The standard InChI is InChI=1S/C15H17ClN4O/c1-9-12(16)19-14(10-5-6-10)20-13(9)18-8-11-4-3-7-17-15(11)21-2/h3-4,7,10H,5-6,8H2,1-2H3,(H,18,19,20). The van der Waals surface area contributed by atoms with E-state index in [1.165, 1.54) is 0 Å². The van der Waals surface area contributed by atoms with E-state index < -0.39 is 0 Å². The minimum atomic E-state index is 0.469. The highest BCUT2D eigenvalue weighted by Crippen LogP contribution is 2.39. The van der Waals surface area contributed by atoms with Crippen molar-refractivity contribution in [2.75, 3.05) is 12.4 Å². The molecule has 2 heterocycles. The van der Waals surface area contributed by atoms with Crippen LogP contribution in [0.1, 0.15) is 35.7 Å². The minimum Gasteiger partial charge on any atom is -0.481 e. The van der Waals surface area contributed by atoms with Crippen molar-refractivity contribution in [3.8, 4) is 5.88 Å². The van der Waals surface area contributed by atoms with Crippen LogP contribution in [0.5, 0.6) is 5.88 Å². The molecule has 0 unspecified atom stereocenters. The van der Waals surface area contributed by atoms with E-state index in [1.54, 1.807) is 13.3 Å². The lowest BCUT2D eigenvalue weighted by Crippen LogP contribution is -2.08. The maximum absolute atomic E-state index is 6.20. The van der Waals surface area contributed by atoms with Gasteiger partial charge in [-0.15, -0.1) is 0 Å². The van der Waals surface area contributed by atoms with Gasteiger partial charge >= 0.3 is 0 Å². The molecular formula is C15H17ClN4O. The summed E-state index contributed by atoms with van der Waals surface area (Å²) in [6.07, 6.45) is 4.00. The molecule has 0 spiro atoms. The van der Waals surface area contributed by atoms with Crippen LogP contribution >= 0.6 is 11.6 Å². The molecule has 1 N–H and O–H groups in total. The van der Waals surface area contributed by atoms with Crippen LogP contribution in [-0.4, -0.2) is 22.1 Å². The molecule has 0 bridgehead atoms. The Hall–Kier alpha value is -1.88. The van der Waals surface area contributed by atoms with Crippen LogP contribution in [0, 0.1) is 6.92 Å². The molecule has 0 radical (unpaired) electrons. The number of methoxy groups -OCH3 is 1. The second-order valence-corrected chi connectivity index (χ2v) is 5.50. The van der Waals surface area contributed by atoms with Gasteiger partial charge in [-0.1, -0.05) is 17.7 Å². The summed E-state index contributed by atoms with van der Waals surface area (Å²) in [7, 11) is 1.61. The number of hydrogen-bond acceptors (Lipinski definition) is 5. The number of ether oxygens (including phenoxy) is 1. The van der Waals surface area contributed by atoms with E-state index >= 15 is 0 Å². The van der Waals surface area contributed by atoms with Gasteiger partial charge in [-0.3, -0.25) is 0 Å². The average Bonchev–Trinajstić information content (AvgIpc) is 3.33. The highest BCUT2D eigenvalue weighted by Gasteiger charge is 2.28. The summed E-state index contributed by atoms with van der Waals surface area (Å²) in [6, 6.07) is 3.85. The molecule has 0 aliphatic heterocycles. The third-order valence-electron chi connectivity index (χ3n) is 3.54. The molecule has 0 aromatic carbocycles. The number of nitrogens with zero attached hydrogens (tertiary/aromatic N) is 3. The highest BCUT2D eigenvalue weighted by molar-refractivity contribution is 6.30. The number of nitrogens with one attached hydrogen (secondary N) is 1. The molecule has 5 nitrogen and oxygen atoms in total. The summed E-state index contributed by atoms with van der Waals surface area (Å²) in [6.45, 7) is 2.50. The molecular weight excluding hydrogens is 288 g/mol. The molecule has 0 saturated heterocycles. The highest BCUT2D eigenvalue weighted by atomic mass is 35.5. The van der Waals surface area contributed by atoms with Gasteiger partial charge in [-0.05, 0) is 25.8 Å². The topological polar surface area (TPSA) is 59.9 Å². The first-order valence-corrected chi connectivity index (χ1v) is 7.32. The zero-order valence-electron chi connectivity index (χ0n) is 12.1. The lowest BCUT2D eigenvalue weighted by molar-refractivity contribution is 0.393. The number of hydrogen-bond donors (Lipinski definition) is 1. The van der Waals surface area contributed by atoms with E-state index in [0.717, 1.165) is 35.6 Å². The fourth-order valence-corrected chi connectivity index (χ4v) is 2.30. The van der Waals surface area contributed by atoms with Crippen molar-refractivity contribution in [1.29, 1.82) is 0 Å². The van der Waals surface area contributed by atoms with Crippen molar-refractivity contribution >= 4 is 17.4 Å². The Morgan fingerprint density at radius 3 is 2.90 bits per heavy atom. The molecule has 1 aliphatic rings. The summed E-state index contributed by atoms with van der Waals surface area (Å²) in [5.74, 6) is 2.70. The van der Waals surface area contributed by atoms with Gasteiger partial charge in [-0.2, -0.15) is 0 Å². The van der Waals surface area contributed by atoms with Crippen LogP contribution in [0.4, 0.5) is 5.82 Å². The Morgan fingerprint density at radius 2 is 2.19 bits per heavy atom. The Morgan fingerprint density at radius 1 is 1.38 bits per heavy atom. The molecule has 2 aromatic heterocycles. The Balaban J connectivity index is 1.81. The number of halogens is 1. The number of anilines is 1. The van der Waals surface area contributed by atoms with Crippen molar-refractivity contribution in [3.05, 3.63) is 40.4 Å². The number of aromatic nitrogens is 3. The molecule has 0 amide bonds. The molecule has 2 aromatic rings. The summed E-state index contributed by atoms with van der Waals surface area (Å²) < 4.78 is 5.25. The van der Waals surface area contributed by atoms with E-state index in [4.69, 9.17) is 16.3 Å². The van der Waals surface area contributed by atoms with Gasteiger partial charge in [0.1, 0.15) is 16.8 Å². The fourth-order valence-electron chi connectivity index (χ4n) is 2.12. The monoisotopic (exact) mass is 304 g/mol. The first-order valence-electron chi connectivity index (χ1n) is 6.95.